The lowest BCUT2D eigenvalue weighted by molar-refractivity contribution is -0.146. The zero-order valence-corrected chi connectivity index (χ0v) is 20.9. The number of fused-ring (bicyclic) bond motifs is 1. The molecule has 202 valence electrons. The van der Waals surface area contributed by atoms with Crippen LogP contribution in [0.5, 0.6) is 0 Å². The standard InChI is InChI=1S/C26H24F3N7O3/c1-25(2)11-15-8-9-16(10-17(15)21(38)35-25)31-24-30-12-18(22-34-23(36-39-22)26(27,28)29)20(33-24)32-19(13-37)14-6-4-3-5-7-14/h3-10,12,19,37H,11,13H2,1-2H3,(H,35,38)(H2,30,31,32,33)/t19-/m1/s1. The van der Waals surface area contributed by atoms with Gasteiger partial charge < -0.3 is 25.6 Å². The zero-order valence-electron chi connectivity index (χ0n) is 20.9. The summed E-state index contributed by atoms with van der Waals surface area (Å²) >= 11 is 0. The lowest BCUT2D eigenvalue weighted by Gasteiger charge is -2.32. The van der Waals surface area contributed by atoms with E-state index < -0.39 is 23.9 Å². The first-order valence-corrected chi connectivity index (χ1v) is 12.0. The predicted molar refractivity (Wildman–Crippen MR) is 135 cm³/mol. The van der Waals surface area contributed by atoms with Gasteiger partial charge >= 0.3 is 6.18 Å². The van der Waals surface area contributed by atoms with E-state index in [4.69, 9.17) is 4.52 Å². The summed E-state index contributed by atoms with van der Waals surface area (Å²) in [5.41, 5.74) is 2.31. The van der Waals surface area contributed by atoms with E-state index in [0.717, 1.165) is 5.56 Å². The number of rotatable bonds is 7. The minimum Gasteiger partial charge on any atom is -0.394 e. The van der Waals surface area contributed by atoms with Gasteiger partial charge in [0.1, 0.15) is 11.4 Å². The molecule has 10 nitrogen and oxygen atoms in total. The van der Waals surface area contributed by atoms with Gasteiger partial charge in [-0.2, -0.15) is 23.1 Å². The second kappa shape index (κ2) is 9.98. The number of halogens is 3. The molecule has 39 heavy (non-hydrogen) atoms. The second-order valence-corrected chi connectivity index (χ2v) is 9.68. The molecule has 4 N–H and O–H groups in total. The van der Waals surface area contributed by atoms with E-state index in [1.54, 1.807) is 36.4 Å². The fourth-order valence-electron chi connectivity index (χ4n) is 4.29. The molecule has 1 amide bonds. The molecule has 0 saturated heterocycles. The van der Waals surface area contributed by atoms with Crippen LogP contribution in [0.3, 0.4) is 0 Å². The van der Waals surface area contributed by atoms with Crippen LogP contribution in [0.25, 0.3) is 11.5 Å². The van der Waals surface area contributed by atoms with E-state index in [2.05, 4.69) is 36.1 Å². The Balaban J connectivity index is 1.49. The van der Waals surface area contributed by atoms with Crippen molar-refractivity contribution in [1.29, 1.82) is 0 Å². The molecule has 0 saturated carbocycles. The van der Waals surface area contributed by atoms with Crippen molar-refractivity contribution < 1.29 is 27.6 Å². The normalized spacial score (nSPS) is 15.3. The van der Waals surface area contributed by atoms with Gasteiger partial charge in [0.25, 0.3) is 17.6 Å². The summed E-state index contributed by atoms with van der Waals surface area (Å²) in [7, 11) is 0. The summed E-state index contributed by atoms with van der Waals surface area (Å²) in [6.45, 7) is 3.55. The molecule has 0 radical (unpaired) electrons. The highest BCUT2D eigenvalue weighted by atomic mass is 19.4. The summed E-state index contributed by atoms with van der Waals surface area (Å²) in [5, 5.41) is 22.1. The Morgan fingerprint density at radius 3 is 2.59 bits per heavy atom. The van der Waals surface area contributed by atoms with Gasteiger partial charge in [0, 0.05) is 23.0 Å². The highest BCUT2D eigenvalue weighted by molar-refractivity contribution is 5.98. The van der Waals surface area contributed by atoms with Gasteiger partial charge in [-0.05, 0) is 43.5 Å². The Hall–Kier alpha value is -4.52. The van der Waals surface area contributed by atoms with E-state index in [-0.39, 0.29) is 35.4 Å². The third kappa shape index (κ3) is 5.67. The number of anilines is 3. The molecule has 1 atom stereocenters. The number of amides is 1. The number of alkyl halides is 3. The largest absolute Gasteiger partial charge is 0.455 e. The number of aliphatic hydroxyl groups excluding tert-OH is 1. The molecule has 1 aliphatic heterocycles. The molecule has 0 unspecified atom stereocenters. The van der Waals surface area contributed by atoms with E-state index >= 15 is 0 Å². The maximum absolute atomic E-state index is 13.1. The number of nitrogens with zero attached hydrogens (tertiary/aromatic N) is 4. The van der Waals surface area contributed by atoms with Gasteiger partial charge in [0.2, 0.25) is 5.95 Å². The molecule has 2 aromatic heterocycles. The van der Waals surface area contributed by atoms with E-state index in [1.165, 1.54) is 6.20 Å². The average Bonchev–Trinajstić information content (AvgIpc) is 3.39. The Kier molecular flexibility index (Phi) is 6.68. The van der Waals surface area contributed by atoms with Crippen molar-refractivity contribution in [3.63, 3.8) is 0 Å². The van der Waals surface area contributed by atoms with Crippen molar-refractivity contribution in [2.75, 3.05) is 17.2 Å². The monoisotopic (exact) mass is 539 g/mol. The fraction of sp³-hybridized carbons (Fsp3) is 0.269. The van der Waals surface area contributed by atoms with Crippen LogP contribution in [0.2, 0.25) is 0 Å². The molecule has 0 spiro atoms. The summed E-state index contributed by atoms with van der Waals surface area (Å²) in [4.78, 5) is 24.7. The number of benzene rings is 2. The summed E-state index contributed by atoms with van der Waals surface area (Å²) in [5.74, 6) is -1.96. The Labute approximate surface area is 220 Å². The minimum absolute atomic E-state index is 0.00461. The van der Waals surface area contributed by atoms with Gasteiger partial charge in [0.15, 0.2) is 0 Å². The van der Waals surface area contributed by atoms with Gasteiger partial charge in [0.05, 0.1) is 12.6 Å². The van der Waals surface area contributed by atoms with Gasteiger partial charge in [-0.15, -0.1) is 0 Å². The number of hydrogen-bond acceptors (Lipinski definition) is 9. The lowest BCUT2D eigenvalue weighted by atomic mass is 9.87. The minimum atomic E-state index is -4.80. The number of aliphatic hydroxyl groups is 1. The molecule has 5 rings (SSSR count). The van der Waals surface area contributed by atoms with E-state index in [9.17, 15) is 23.1 Å². The Bertz CT molecular complexity index is 1510. The van der Waals surface area contributed by atoms with Crippen molar-refractivity contribution in [1.82, 2.24) is 25.4 Å². The van der Waals surface area contributed by atoms with Crippen LogP contribution < -0.4 is 16.0 Å². The highest BCUT2D eigenvalue weighted by Crippen LogP contribution is 2.33. The highest BCUT2D eigenvalue weighted by Gasteiger charge is 2.38. The summed E-state index contributed by atoms with van der Waals surface area (Å²) < 4.78 is 44.1. The molecule has 0 fully saturated rings. The van der Waals surface area contributed by atoms with E-state index in [1.807, 2.05) is 26.0 Å². The van der Waals surface area contributed by atoms with Gasteiger partial charge in [-0.3, -0.25) is 4.79 Å². The van der Waals surface area contributed by atoms with Crippen LogP contribution in [-0.4, -0.2) is 43.3 Å². The maximum Gasteiger partial charge on any atom is 0.455 e. The van der Waals surface area contributed by atoms with Crippen molar-refractivity contribution in [3.05, 3.63) is 77.2 Å². The quantitative estimate of drug-likeness (QED) is 0.267. The molecule has 0 bridgehead atoms. The van der Waals surface area contributed by atoms with Crippen molar-refractivity contribution in [3.8, 4) is 11.5 Å². The molecular formula is C26H24F3N7O3. The van der Waals surface area contributed by atoms with Crippen LogP contribution in [-0.2, 0) is 12.6 Å². The summed E-state index contributed by atoms with van der Waals surface area (Å²) in [6.07, 6.45) is -2.90. The predicted octanol–water partition coefficient (Wildman–Crippen LogP) is 4.50. The first-order chi connectivity index (χ1) is 18.5. The summed E-state index contributed by atoms with van der Waals surface area (Å²) in [6, 6.07) is 13.6. The molecular weight excluding hydrogens is 515 g/mol. The van der Waals surface area contributed by atoms with Crippen LogP contribution in [0.15, 0.2) is 59.3 Å². The van der Waals surface area contributed by atoms with Crippen molar-refractivity contribution >= 4 is 23.4 Å². The molecule has 13 heteroatoms. The first kappa shape index (κ1) is 26.1. The molecule has 4 aromatic rings. The lowest BCUT2D eigenvalue weighted by Crippen LogP contribution is -2.49. The number of nitrogens with one attached hydrogen (secondary N) is 3. The van der Waals surface area contributed by atoms with Gasteiger partial charge in [-0.1, -0.05) is 41.6 Å². The zero-order chi connectivity index (χ0) is 27.8. The van der Waals surface area contributed by atoms with Crippen molar-refractivity contribution in [2.45, 2.75) is 38.0 Å². The third-order valence-corrected chi connectivity index (χ3v) is 6.09. The number of aromatic nitrogens is 4. The number of hydrogen-bond donors (Lipinski definition) is 4. The van der Waals surface area contributed by atoms with Crippen LogP contribution >= 0.6 is 0 Å². The van der Waals surface area contributed by atoms with Crippen molar-refractivity contribution in [2.24, 2.45) is 0 Å². The topological polar surface area (TPSA) is 138 Å². The van der Waals surface area contributed by atoms with Gasteiger partial charge in [-0.25, -0.2) is 4.98 Å². The molecule has 3 heterocycles. The van der Waals surface area contributed by atoms with Crippen LogP contribution in [0, 0.1) is 0 Å². The Morgan fingerprint density at radius 2 is 1.90 bits per heavy atom. The average molecular weight is 540 g/mol. The second-order valence-electron chi connectivity index (χ2n) is 9.68. The molecule has 0 aliphatic carbocycles. The fourth-order valence-corrected chi connectivity index (χ4v) is 4.29. The molecule has 2 aromatic carbocycles. The third-order valence-electron chi connectivity index (χ3n) is 6.09. The maximum atomic E-state index is 13.1. The van der Waals surface area contributed by atoms with E-state index in [0.29, 0.717) is 23.2 Å². The SMILES string of the molecule is CC1(C)Cc2ccc(Nc3ncc(-c4nc(C(F)(F)F)no4)c(N[C@H](CO)c4ccccc4)n3)cc2C(=O)N1. The Morgan fingerprint density at radius 1 is 1.13 bits per heavy atom. The van der Waals surface area contributed by atoms with Crippen LogP contribution in [0.1, 0.15) is 47.2 Å². The smallest absolute Gasteiger partial charge is 0.394 e. The van der Waals surface area contributed by atoms with Crippen LogP contribution in [0.4, 0.5) is 30.6 Å². The molecule has 1 aliphatic rings. The number of carbonyl (C=O) groups is 1. The number of carbonyl (C=O) groups excluding carboxylic acids is 1. The first-order valence-electron chi connectivity index (χ1n) is 12.0.